The fraction of sp³-hybridized carbons (Fsp3) is 0.0714. The highest BCUT2D eigenvalue weighted by molar-refractivity contribution is 9.10. The molecule has 1 heterocycles. The average molecular weight is 322 g/mol. The van der Waals surface area contributed by atoms with Gasteiger partial charge in [-0.15, -0.1) is 0 Å². The van der Waals surface area contributed by atoms with Crippen LogP contribution < -0.4 is 5.76 Å². The number of halogens is 2. The molecule has 3 nitrogen and oxygen atoms in total. The summed E-state index contributed by atoms with van der Waals surface area (Å²) in [5.41, 5.74) is 1.91. The molecule has 0 N–H and O–H groups in total. The predicted molar refractivity (Wildman–Crippen MR) is 73.7 cm³/mol. The first-order chi connectivity index (χ1) is 9.16. The number of benzene rings is 2. The van der Waals surface area contributed by atoms with Gasteiger partial charge in [0.15, 0.2) is 5.58 Å². The van der Waals surface area contributed by atoms with Crippen LogP contribution in [0.2, 0.25) is 0 Å². The van der Waals surface area contributed by atoms with Gasteiger partial charge >= 0.3 is 5.76 Å². The molecule has 5 heteroatoms. The Morgan fingerprint density at radius 1 is 1.16 bits per heavy atom. The van der Waals surface area contributed by atoms with E-state index in [1.807, 2.05) is 6.07 Å². The second-order valence-corrected chi connectivity index (χ2v) is 4.93. The molecule has 0 unspecified atom stereocenters. The number of para-hydroxylation sites is 2. The molecule has 0 amide bonds. The molecule has 3 rings (SSSR count). The number of hydrogen-bond donors (Lipinski definition) is 0. The first-order valence-electron chi connectivity index (χ1n) is 5.68. The highest BCUT2D eigenvalue weighted by Crippen LogP contribution is 2.22. The Morgan fingerprint density at radius 3 is 2.79 bits per heavy atom. The van der Waals surface area contributed by atoms with Crippen molar-refractivity contribution in [1.29, 1.82) is 0 Å². The van der Waals surface area contributed by atoms with Crippen LogP contribution in [0.1, 0.15) is 5.56 Å². The molecule has 0 saturated carbocycles. The van der Waals surface area contributed by atoms with Crippen molar-refractivity contribution in [2.75, 3.05) is 0 Å². The van der Waals surface area contributed by atoms with E-state index in [9.17, 15) is 9.18 Å². The van der Waals surface area contributed by atoms with E-state index in [1.54, 1.807) is 30.3 Å². The number of rotatable bonds is 2. The van der Waals surface area contributed by atoms with E-state index >= 15 is 0 Å². The van der Waals surface area contributed by atoms with E-state index < -0.39 is 5.76 Å². The number of nitrogens with zero attached hydrogens (tertiary/aromatic N) is 1. The topological polar surface area (TPSA) is 35.1 Å². The van der Waals surface area contributed by atoms with Gasteiger partial charge in [0.05, 0.1) is 16.5 Å². The third-order valence-electron chi connectivity index (χ3n) is 2.93. The standard InChI is InChI=1S/C14H9BrFNO2/c15-13-9(4-3-5-10(13)16)8-17-11-6-1-2-7-12(11)19-14(17)18/h1-7H,8H2. The minimum atomic E-state index is -0.447. The number of hydrogen-bond acceptors (Lipinski definition) is 2. The van der Waals surface area contributed by atoms with Crippen LogP contribution in [0.25, 0.3) is 11.1 Å². The lowest BCUT2D eigenvalue weighted by Gasteiger charge is -2.05. The first kappa shape index (κ1) is 12.2. The minimum absolute atomic E-state index is 0.258. The van der Waals surface area contributed by atoms with Crippen molar-refractivity contribution in [1.82, 2.24) is 4.57 Å². The van der Waals surface area contributed by atoms with Crippen LogP contribution >= 0.6 is 15.9 Å². The molecule has 0 saturated heterocycles. The third-order valence-corrected chi connectivity index (χ3v) is 3.82. The van der Waals surface area contributed by atoms with Gasteiger partial charge in [-0.2, -0.15) is 0 Å². The summed E-state index contributed by atoms with van der Waals surface area (Å²) >= 11 is 3.19. The highest BCUT2D eigenvalue weighted by atomic mass is 79.9. The van der Waals surface area contributed by atoms with Crippen LogP contribution in [-0.2, 0) is 6.54 Å². The van der Waals surface area contributed by atoms with Crippen molar-refractivity contribution in [2.24, 2.45) is 0 Å². The Bertz CT molecular complexity index is 807. The Morgan fingerprint density at radius 2 is 1.95 bits per heavy atom. The molecule has 2 aromatic carbocycles. The fourth-order valence-electron chi connectivity index (χ4n) is 2.00. The molecule has 0 aliphatic rings. The van der Waals surface area contributed by atoms with Gasteiger partial charge in [-0.3, -0.25) is 4.57 Å². The van der Waals surface area contributed by atoms with Crippen LogP contribution in [0.4, 0.5) is 4.39 Å². The molecule has 0 radical (unpaired) electrons. The lowest BCUT2D eigenvalue weighted by molar-refractivity contribution is 0.516. The van der Waals surface area contributed by atoms with Crippen molar-refractivity contribution >= 4 is 27.0 Å². The van der Waals surface area contributed by atoms with Gasteiger partial charge in [-0.1, -0.05) is 24.3 Å². The Balaban J connectivity index is 2.13. The van der Waals surface area contributed by atoms with Crippen LogP contribution in [-0.4, -0.2) is 4.57 Å². The second kappa shape index (κ2) is 4.66. The summed E-state index contributed by atoms with van der Waals surface area (Å²) in [5.74, 6) is -0.796. The van der Waals surface area contributed by atoms with Gasteiger partial charge in [-0.05, 0) is 39.7 Å². The summed E-state index contributed by atoms with van der Waals surface area (Å²) in [6.07, 6.45) is 0. The zero-order valence-electron chi connectivity index (χ0n) is 9.77. The van der Waals surface area contributed by atoms with Crippen molar-refractivity contribution < 1.29 is 8.81 Å². The summed E-state index contributed by atoms with van der Waals surface area (Å²) in [4.78, 5) is 11.8. The molecule has 0 bridgehead atoms. The van der Waals surface area contributed by atoms with Gasteiger partial charge in [0.25, 0.3) is 0 Å². The van der Waals surface area contributed by atoms with E-state index in [-0.39, 0.29) is 12.4 Å². The quantitative estimate of drug-likeness (QED) is 0.723. The van der Waals surface area contributed by atoms with Crippen molar-refractivity contribution in [3.8, 4) is 0 Å². The molecule has 0 spiro atoms. The smallest absolute Gasteiger partial charge is 0.408 e. The molecule has 96 valence electrons. The summed E-state index contributed by atoms with van der Waals surface area (Å²) in [7, 11) is 0. The number of fused-ring (bicyclic) bond motifs is 1. The number of oxazole rings is 1. The van der Waals surface area contributed by atoms with Crippen molar-refractivity contribution in [3.63, 3.8) is 0 Å². The van der Waals surface area contributed by atoms with E-state index in [4.69, 9.17) is 4.42 Å². The van der Waals surface area contributed by atoms with Gasteiger partial charge in [-0.25, -0.2) is 9.18 Å². The third kappa shape index (κ3) is 2.10. The normalized spacial score (nSPS) is 11.1. The van der Waals surface area contributed by atoms with Crippen molar-refractivity contribution in [3.05, 3.63) is 68.9 Å². The minimum Gasteiger partial charge on any atom is -0.408 e. The summed E-state index contributed by atoms with van der Waals surface area (Å²) in [6.45, 7) is 0.258. The monoisotopic (exact) mass is 321 g/mol. The van der Waals surface area contributed by atoms with Crippen LogP contribution in [0.15, 0.2) is 56.1 Å². The maximum absolute atomic E-state index is 13.5. The zero-order chi connectivity index (χ0) is 13.4. The predicted octanol–water partition coefficient (Wildman–Crippen LogP) is 3.54. The van der Waals surface area contributed by atoms with E-state index in [1.165, 1.54) is 10.6 Å². The maximum Gasteiger partial charge on any atom is 0.420 e. The molecular weight excluding hydrogens is 313 g/mol. The lowest BCUT2D eigenvalue weighted by atomic mass is 10.2. The van der Waals surface area contributed by atoms with Crippen molar-refractivity contribution in [2.45, 2.75) is 6.54 Å². The van der Waals surface area contributed by atoms with Gasteiger partial charge in [0.1, 0.15) is 5.82 Å². The lowest BCUT2D eigenvalue weighted by Crippen LogP contribution is -2.15. The Labute approximate surface area is 116 Å². The van der Waals surface area contributed by atoms with Gasteiger partial charge < -0.3 is 4.42 Å². The number of aromatic nitrogens is 1. The molecular formula is C14H9BrFNO2. The van der Waals surface area contributed by atoms with Crippen LogP contribution in [0.5, 0.6) is 0 Å². The summed E-state index contributed by atoms with van der Waals surface area (Å²) in [6, 6.07) is 11.9. The summed E-state index contributed by atoms with van der Waals surface area (Å²) in [5, 5.41) is 0. The zero-order valence-corrected chi connectivity index (χ0v) is 11.4. The van der Waals surface area contributed by atoms with E-state index in [2.05, 4.69) is 15.9 Å². The molecule has 3 aromatic rings. The SMILES string of the molecule is O=c1oc2ccccc2n1Cc1cccc(F)c1Br. The van der Waals surface area contributed by atoms with Gasteiger partial charge in [0, 0.05) is 0 Å². The molecule has 19 heavy (non-hydrogen) atoms. The van der Waals surface area contributed by atoms with Crippen LogP contribution in [0.3, 0.4) is 0 Å². The van der Waals surface area contributed by atoms with Gasteiger partial charge in [0.2, 0.25) is 0 Å². The second-order valence-electron chi connectivity index (χ2n) is 4.13. The Hall–Kier alpha value is -1.88. The molecule has 0 fully saturated rings. The molecule has 0 aliphatic carbocycles. The maximum atomic E-state index is 13.5. The highest BCUT2D eigenvalue weighted by Gasteiger charge is 2.11. The first-order valence-corrected chi connectivity index (χ1v) is 6.47. The average Bonchev–Trinajstić information content (AvgIpc) is 2.72. The fourth-order valence-corrected chi connectivity index (χ4v) is 2.39. The van der Waals surface area contributed by atoms with Crippen LogP contribution in [0, 0.1) is 5.82 Å². The largest absolute Gasteiger partial charge is 0.420 e. The van der Waals surface area contributed by atoms with E-state index in [0.29, 0.717) is 21.1 Å². The molecule has 1 aromatic heterocycles. The Kier molecular flexibility index (Phi) is 2.98. The molecule has 0 aliphatic heterocycles. The summed E-state index contributed by atoms with van der Waals surface area (Å²) < 4.78 is 20.5. The van der Waals surface area contributed by atoms with E-state index in [0.717, 1.165) is 0 Å². The molecule has 0 atom stereocenters.